The van der Waals surface area contributed by atoms with Gasteiger partial charge in [-0.1, -0.05) is 5.16 Å². The summed E-state index contributed by atoms with van der Waals surface area (Å²) in [7, 11) is 0. The quantitative estimate of drug-likeness (QED) is 0.640. The third kappa shape index (κ3) is 2.89. The Labute approximate surface area is 72.0 Å². The molecule has 0 radical (unpaired) electrons. The number of aliphatic carboxylic acids is 2. The molecule has 0 aliphatic heterocycles. The molecule has 1 rings (SSSR count). The van der Waals surface area contributed by atoms with Gasteiger partial charge in [0.15, 0.2) is 5.82 Å². The minimum absolute atomic E-state index is 0.0243. The van der Waals surface area contributed by atoms with Crippen molar-refractivity contribution in [2.45, 2.75) is 12.8 Å². The Kier molecular flexibility index (Phi) is 2.58. The Morgan fingerprint density at radius 3 is 2.38 bits per heavy atom. The first-order valence-electron chi connectivity index (χ1n) is 3.33. The van der Waals surface area contributed by atoms with Crippen LogP contribution in [0.25, 0.3) is 0 Å². The highest BCUT2D eigenvalue weighted by atomic mass is 16.5. The predicted molar refractivity (Wildman–Crippen MR) is 37.0 cm³/mol. The van der Waals surface area contributed by atoms with Crippen molar-refractivity contribution in [2.24, 2.45) is 0 Å². The SMILES string of the molecule is O=C(O)Cc1noc(CC(=O)O)n1. The molecule has 0 amide bonds. The summed E-state index contributed by atoms with van der Waals surface area (Å²) >= 11 is 0. The lowest BCUT2D eigenvalue weighted by Crippen LogP contribution is -2.03. The molecule has 0 saturated heterocycles. The van der Waals surface area contributed by atoms with Gasteiger partial charge >= 0.3 is 11.9 Å². The minimum Gasteiger partial charge on any atom is -0.481 e. The lowest BCUT2D eigenvalue weighted by molar-refractivity contribution is -0.137. The molecule has 0 fully saturated rings. The summed E-state index contributed by atoms with van der Waals surface area (Å²) in [4.78, 5) is 23.9. The molecule has 13 heavy (non-hydrogen) atoms. The second-order valence-corrected chi connectivity index (χ2v) is 2.25. The average molecular weight is 186 g/mol. The van der Waals surface area contributed by atoms with Crippen LogP contribution >= 0.6 is 0 Å². The van der Waals surface area contributed by atoms with E-state index in [0.717, 1.165) is 0 Å². The zero-order chi connectivity index (χ0) is 9.84. The van der Waals surface area contributed by atoms with Crippen LogP contribution in [0, 0.1) is 0 Å². The van der Waals surface area contributed by atoms with E-state index < -0.39 is 18.4 Å². The van der Waals surface area contributed by atoms with Gasteiger partial charge in [-0.15, -0.1) is 0 Å². The first kappa shape index (κ1) is 9.17. The van der Waals surface area contributed by atoms with Gasteiger partial charge in [-0.05, 0) is 0 Å². The van der Waals surface area contributed by atoms with Crippen LogP contribution in [0.2, 0.25) is 0 Å². The Morgan fingerprint density at radius 1 is 1.23 bits per heavy atom. The molecule has 1 heterocycles. The summed E-state index contributed by atoms with van der Waals surface area (Å²) in [6.07, 6.45) is -0.768. The van der Waals surface area contributed by atoms with E-state index in [0.29, 0.717) is 0 Å². The first-order valence-corrected chi connectivity index (χ1v) is 3.33. The van der Waals surface area contributed by atoms with Crippen molar-refractivity contribution in [1.82, 2.24) is 10.1 Å². The lowest BCUT2D eigenvalue weighted by atomic mass is 10.4. The van der Waals surface area contributed by atoms with Gasteiger partial charge in [-0.3, -0.25) is 9.59 Å². The van der Waals surface area contributed by atoms with E-state index in [9.17, 15) is 9.59 Å². The van der Waals surface area contributed by atoms with E-state index in [1.165, 1.54) is 0 Å². The van der Waals surface area contributed by atoms with Crippen molar-refractivity contribution in [3.05, 3.63) is 11.7 Å². The Balaban J connectivity index is 2.63. The van der Waals surface area contributed by atoms with Crippen molar-refractivity contribution < 1.29 is 24.3 Å². The van der Waals surface area contributed by atoms with Gasteiger partial charge in [-0.25, -0.2) is 0 Å². The molecule has 0 aliphatic carbocycles. The zero-order valence-electron chi connectivity index (χ0n) is 6.43. The van der Waals surface area contributed by atoms with Gasteiger partial charge in [0.05, 0.1) is 0 Å². The largest absolute Gasteiger partial charge is 0.481 e. The van der Waals surface area contributed by atoms with Crippen LogP contribution in [0.3, 0.4) is 0 Å². The third-order valence-electron chi connectivity index (χ3n) is 1.12. The van der Waals surface area contributed by atoms with Gasteiger partial charge in [0.1, 0.15) is 12.8 Å². The fourth-order valence-electron chi connectivity index (χ4n) is 0.698. The number of aromatic nitrogens is 2. The highest BCUT2D eigenvalue weighted by Crippen LogP contribution is 1.98. The summed E-state index contributed by atoms with van der Waals surface area (Å²) in [5, 5.41) is 19.9. The minimum atomic E-state index is -1.11. The second kappa shape index (κ2) is 3.65. The topological polar surface area (TPSA) is 114 Å². The van der Waals surface area contributed by atoms with E-state index in [4.69, 9.17) is 10.2 Å². The summed E-state index contributed by atoms with van der Waals surface area (Å²) < 4.78 is 4.47. The van der Waals surface area contributed by atoms with Crippen LogP contribution in [-0.2, 0) is 22.4 Å². The fraction of sp³-hybridized carbons (Fsp3) is 0.333. The molecule has 0 saturated carbocycles. The monoisotopic (exact) mass is 186 g/mol. The number of carboxylic acids is 2. The molecule has 0 aromatic carbocycles. The Hall–Kier alpha value is -1.92. The van der Waals surface area contributed by atoms with Gasteiger partial charge in [0.25, 0.3) is 0 Å². The zero-order valence-corrected chi connectivity index (χ0v) is 6.43. The molecule has 7 heteroatoms. The molecule has 70 valence electrons. The highest BCUT2D eigenvalue weighted by molar-refractivity contribution is 5.69. The number of hydrogen-bond acceptors (Lipinski definition) is 5. The van der Waals surface area contributed by atoms with Crippen LogP contribution in [0.5, 0.6) is 0 Å². The van der Waals surface area contributed by atoms with Gasteiger partial charge in [-0.2, -0.15) is 4.98 Å². The van der Waals surface area contributed by atoms with Crippen LogP contribution in [0.4, 0.5) is 0 Å². The van der Waals surface area contributed by atoms with Crippen LogP contribution in [0.15, 0.2) is 4.52 Å². The Bertz CT molecular complexity index is 301. The molecule has 0 aliphatic rings. The lowest BCUT2D eigenvalue weighted by Gasteiger charge is -1.84. The predicted octanol–water partition coefficient (Wildman–Crippen LogP) is -0.676. The average Bonchev–Trinajstić information content (AvgIpc) is 2.33. The third-order valence-corrected chi connectivity index (χ3v) is 1.12. The second-order valence-electron chi connectivity index (χ2n) is 2.25. The maximum absolute atomic E-state index is 10.2. The van der Waals surface area contributed by atoms with E-state index in [1.54, 1.807) is 0 Å². The van der Waals surface area contributed by atoms with E-state index in [2.05, 4.69) is 14.7 Å². The number of nitrogens with zero attached hydrogens (tertiary/aromatic N) is 2. The molecular formula is C6H6N2O5. The summed E-state index contributed by atoms with van der Waals surface area (Å²) in [5.41, 5.74) is 0. The van der Waals surface area contributed by atoms with E-state index >= 15 is 0 Å². The smallest absolute Gasteiger partial charge is 0.312 e. The maximum atomic E-state index is 10.2. The molecule has 2 N–H and O–H groups in total. The van der Waals surface area contributed by atoms with Crippen molar-refractivity contribution in [3.8, 4) is 0 Å². The molecule has 1 aromatic rings. The highest BCUT2D eigenvalue weighted by Gasteiger charge is 2.11. The molecule has 0 spiro atoms. The fourth-order valence-corrected chi connectivity index (χ4v) is 0.698. The van der Waals surface area contributed by atoms with Crippen molar-refractivity contribution in [3.63, 3.8) is 0 Å². The van der Waals surface area contributed by atoms with E-state index in [1.807, 2.05) is 0 Å². The van der Waals surface area contributed by atoms with Crippen LogP contribution in [0.1, 0.15) is 11.7 Å². The standard InChI is InChI=1S/C6H6N2O5/c9-5(10)1-3-7-4(13-8-3)2-6(11)12/h1-2H2,(H,9,10)(H,11,12). The number of hydrogen-bond donors (Lipinski definition) is 2. The molecule has 0 atom stereocenters. The molecule has 1 aromatic heterocycles. The molecular weight excluding hydrogens is 180 g/mol. The van der Waals surface area contributed by atoms with Crippen LogP contribution in [-0.4, -0.2) is 32.3 Å². The normalized spacial score (nSPS) is 9.85. The van der Waals surface area contributed by atoms with Crippen LogP contribution < -0.4 is 0 Å². The molecule has 0 unspecified atom stereocenters. The van der Waals surface area contributed by atoms with Gasteiger partial charge in [0.2, 0.25) is 5.89 Å². The van der Waals surface area contributed by atoms with Gasteiger partial charge in [0, 0.05) is 0 Å². The summed E-state index contributed by atoms with van der Waals surface area (Å²) in [5.74, 6) is -2.32. The number of rotatable bonds is 4. The first-order chi connectivity index (χ1) is 6.08. The molecule has 0 bridgehead atoms. The van der Waals surface area contributed by atoms with Gasteiger partial charge < -0.3 is 14.7 Å². The maximum Gasteiger partial charge on any atom is 0.312 e. The molecule has 7 nitrogen and oxygen atoms in total. The van der Waals surface area contributed by atoms with Crippen molar-refractivity contribution in [1.29, 1.82) is 0 Å². The van der Waals surface area contributed by atoms with E-state index in [-0.39, 0.29) is 18.1 Å². The number of carbonyl (C=O) groups is 2. The number of carboxylic acid groups (broad SMARTS) is 2. The van der Waals surface area contributed by atoms with Crippen molar-refractivity contribution >= 4 is 11.9 Å². The van der Waals surface area contributed by atoms with Crippen molar-refractivity contribution in [2.75, 3.05) is 0 Å². The summed E-state index contributed by atoms with van der Waals surface area (Å²) in [6, 6.07) is 0. The Morgan fingerprint density at radius 2 is 1.85 bits per heavy atom. The summed E-state index contributed by atoms with van der Waals surface area (Å²) in [6.45, 7) is 0.